The first-order chi connectivity index (χ1) is 5.84. The summed E-state index contributed by atoms with van der Waals surface area (Å²) in [5.41, 5.74) is -0.0118. The van der Waals surface area contributed by atoms with Gasteiger partial charge in [-0.2, -0.15) is 0 Å². The van der Waals surface area contributed by atoms with Gasteiger partial charge in [-0.15, -0.1) is 0 Å². The molecule has 0 aromatic heterocycles. The van der Waals surface area contributed by atoms with Gasteiger partial charge in [0.15, 0.2) is 5.78 Å². The van der Waals surface area contributed by atoms with Crippen molar-refractivity contribution in [1.29, 1.82) is 0 Å². The molecule has 1 aliphatic carbocycles. The van der Waals surface area contributed by atoms with Crippen molar-refractivity contribution in [3.8, 4) is 0 Å². The maximum Gasteiger partial charge on any atom is 0.158 e. The van der Waals surface area contributed by atoms with E-state index in [0.29, 0.717) is 5.57 Å². The number of Topliss-reactive ketones (excluding diaryl/α,β-unsaturated/α-hetero) is 1. The van der Waals surface area contributed by atoms with Crippen LogP contribution in [0.15, 0.2) is 11.6 Å². The van der Waals surface area contributed by atoms with Gasteiger partial charge in [-0.05, 0) is 18.6 Å². The smallest absolute Gasteiger partial charge is 0.158 e. The number of aliphatic hydroxyl groups is 2. The molecule has 74 valence electrons. The Balaban J connectivity index is 3.00. The molecule has 0 saturated carbocycles. The van der Waals surface area contributed by atoms with Gasteiger partial charge >= 0.3 is 0 Å². The molecule has 0 aromatic carbocycles. The van der Waals surface area contributed by atoms with Gasteiger partial charge in [0.1, 0.15) is 0 Å². The van der Waals surface area contributed by atoms with Crippen molar-refractivity contribution in [1.82, 2.24) is 0 Å². The van der Waals surface area contributed by atoms with Crippen LogP contribution in [0.2, 0.25) is 0 Å². The number of carbonyl (C=O) groups is 1. The number of hydrogen-bond donors (Lipinski definition) is 2. The molecule has 0 aromatic rings. The largest absolute Gasteiger partial charge is 0.390 e. The van der Waals surface area contributed by atoms with E-state index in [-0.39, 0.29) is 12.2 Å². The van der Waals surface area contributed by atoms with Crippen LogP contribution in [-0.2, 0) is 4.79 Å². The van der Waals surface area contributed by atoms with Crippen molar-refractivity contribution in [3.63, 3.8) is 0 Å². The van der Waals surface area contributed by atoms with Crippen molar-refractivity contribution in [2.45, 2.75) is 39.4 Å². The molecule has 13 heavy (non-hydrogen) atoms. The molecule has 0 radical (unpaired) electrons. The lowest BCUT2D eigenvalue weighted by molar-refractivity contribution is -0.119. The molecule has 2 N–H and O–H groups in total. The molecular weight excluding hydrogens is 168 g/mol. The predicted octanol–water partition coefficient (Wildman–Crippen LogP) is 0.654. The minimum Gasteiger partial charge on any atom is -0.390 e. The van der Waals surface area contributed by atoms with Gasteiger partial charge in [0.05, 0.1) is 12.2 Å². The van der Waals surface area contributed by atoms with Crippen molar-refractivity contribution in [3.05, 3.63) is 11.6 Å². The lowest BCUT2D eigenvalue weighted by Crippen LogP contribution is -2.38. The molecular formula is C10H16O3. The Hall–Kier alpha value is -0.670. The summed E-state index contributed by atoms with van der Waals surface area (Å²) in [7, 11) is 0. The first kappa shape index (κ1) is 10.4. The van der Waals surface area contributed by atoms with Crippen molar-refractivity contribution in [2.75, 3.05) is 0 Å². The van der Waals surface area contributed by atoms with E-state index in [1.165, 1.54) is 6.08 Å². The van der Waals surface area contributed by atoms with Gasteiger partial charge in [-0.3, -0.25) is 4.79 Å². The van der Waals surface area contributed by atoms with Gasteiger partial charge in [-0.1, -0.05) is 13.8 Å². The van der Waals surface area contributed by atoms with E-state index < -0.39 is 17.6 Å². The molecule has 0 bridgehead atoms. The maximum absolute atomic E-state index is 11.4. The zero-order valence-electron chi connectivity index (χ0n) is 8.24. The van der Waals surface area contributed by atoms with Crippen LogP contribution >= 0.6 is 0 Å². The maximum atomic E-state index is 11.4. The average molecular weight is 184 g/mol. The first-order valence-corrected chi connectivity index (χ1v) is 4.42. The highest BCUT2D eigenvalue weighted by molar-refractivity contribution is 5.95. The molecule has 2 atom stereocenters. The second-order valence-electron chi connectivity index (χ2n) is 4.37. The number of rotatable bonds is 0. The van der Waals surface area contributed by atoms with E-state index in [1.54, 1.807) is 20.8 Å². The minimum absolute atomic E-state index is 0.000556. The van der Waals surface area contributed by atoms with E-state index in [9.17, 15) is 15.0 Å². The SMILES string of the molecule is CC1=C[C@H](O)[C@H](O)C(C)(C)CC1=O. The zero-order valence-corrected chi connectivity index (χ0v) is 8.24. The Morgan fingerprint density at radius 3 is 2.54 bits per heavy atom. The van der Waals surface area contributed by atoms with Crippen LogP contribution in [0.3, 0.4) is 0 Å². The molecule has 0 amide bonds. The van der Waals surface area contributed by atoms with Crippen LogP contribution in [0.25, 0.3) is 0 Å². The van der Waals surface area contributed by atoms with Gasteiger partial charge in [0.25, 0.3) is 0 Å². The van der Waals surface area contributed by atoms with Crippen LogP contribution in [0.1, 0.15) is 27.2 Å². The highest BCUT2D eigenvalue weighted by Gasteiger charge is 2.37. The molecule has 0 saturated heterocycles. The summed E-state index contributed by atoms with van der Waals surface area (Å²) in [6, 6.07) is 0. The van der Waals surface area contributed by atoms with Crippen LogP contribution in [0, 0.1) is 5.41 Å². The third-order valence-electron chi connectivity index (χ3n) is 2.60. The molecule has 0 spiro atoms. The minimum atomic E-state index is -0.929. The average Bonchev–Trinajstić information content (AvgIpc) is 2.05. The molecule has 1 aliphatic rings. The monoisotopic (exact) mass is 184 g/mol. The molecule has 0 heterocycles. The summed E-state index contributed by atoms with van der Waals surface area (Å²) in [4.78, 5) is 11.4. The summed E-state index contributed by atoms with van der Waals surface area (Å²) >= 11 is 0. The third-order valence-corrected chi connectivity index (χ3v) is 2.60. The highest BCUT2D eigenvalue weighted by Crippen LogP contribution is 2.32. The van der Waals surface area contributed by atoms with Crippen LogP contribution < -0.4 is 0 Å². The fourth-order valence-electron chi connectivity index (χ4n) is 1.56. The number of carbonyl (C=O) groups excluding carboxylic acids is 1. The van der Waals surface area contributed by atoms with Crippen molar-refractivity contribution >= 4 is 5.78 Å². The van der Waals surface area contributed by atoms with Gasteiger partial charge in [-0.25, -0.2) is 0 Å². The number of aliphatic hydroxyl groups excluding tert-OH is 2. The van der Waals surface area contributed by atoms with Gasteiger partial charge < -0.3 is 10.2 Å². The van der Waals surface area contributed by atoms with E-state index in [4.69, 9.17) is 0 Å². The Morgan fingerprint density at radius 1 is 1.46 bits per heavy atom. The lowest BCUT2D eigenvalue weighted by Gasteiger charge is -2.29. The van der Waals surface area contributed by atoms with E-state index in [0.717, 1.165) is 0 Å². The fourth-order valence-corrected chi connectivity index (χ4v) is 1.56. The lowest BCUT2D eigenvalue weighted by atomic mass is 9.81. The van der Waals surface area contributed by atoms with E-state index >= 15 is 0 Å². The zero-order chi connectivity index (χ0) is 10.2. The summed E-state index contributed by atoms with van der Waals surface area (Å²) in [5, 5.41) is 19.2. The van der Waals surface area contributed by atoms with E-state index in [2.05, 4.69) is 0 Å². The van der Waals surface area contributed by atoms with Gasteiger partial charge in [0, 0.05) is 11.8 Å². The Bertz CT molecular complexity index is 253. The topological polar surface area (TPSA) is 57.5 Å². The van der Waals surface area contributed by atoms with Crippen molar-refractivity contribution in [2.24, 2.45) is 5.41 Å². The Morgan fingerprint density at radius 2 is 2.00 bits per heavy atom. The van der Waals surface area contributed by atoms with Crippen LogP contribution in [0.4, 0.5) is 0 Å². The molecule has 1 rings (SSSR count). The van der Waals surface area contributed by atoms with Crippen molar-refractivity contribution < 1.29 is 15.0 Å². The fraction of sp³-hybridized carbons (Fsp3) is 0.700. The Labute approximate surface area is 78.1 Å². The number of allylic oxidation sites excluding steroid dienone is 1. The summed E-state index contributed by atoms with van der Waals surface area (Å²) in [5.74, 6) is 0.000556. The molecule has 0 fully saturated rings. The second kappa shape index (κ2) is 3.24. The quantitative estimate of drug-likeness (QED) is 0.581. The normalized spacial score (nSPS) is 33.9. The number of hydrogen-bond acceptors (Lipinski definition) is 3. The predicted molar refractivity (Wildman–Crippen MR) is 49.2 cm³/mol. The van der Waals surface area contributed by atoms with E-state index in [1.807, 2.05) is 0 Å². The van der Waals surface area contributed by atoms with Crippen LogP contribution in [-0.4, -0.2) is 28.2 Å². The highest BCUT2D eigenvalue weighted by atomic mass is 16.3. The summed E-state index contributed by atoms with van der Waals surface area (Å²) in [6.45, 7) is 5.23. The van der Waals surface area contributed by atoms with Gasteiger partial charge in [0.2, 0.25) is 0 Å². The number of ketones is 1. The Kier molecular flexibility index (Phi) is 2.59. The molecule has 3 nitrogen and oxygen atoms in total. The third kappa shape index (κ3) is 1.98. The summed E-state index contributed by atoms with van der Waals surface area (Å²) in [6.07, 6.45) is -0.0784. The van der Waals surface area contributed by atoms with Crippen LogP contribution in [0.5, 0.6) is 0 Å². The molecule has 0 unspecified atom stereocenters. The molecule has 3 heteroatoms. The standard InChI is InChI=1S/C10H16O3/c1-6-4-7(11)9(13)10(2,3)5-8(6)12/h4,7,9,11,13H,5H2,1-3H3/t7-,9-/m0/s1. The second-order valence-corrected chi connectivity index (χ2v) is 4.37. The molecule has 0 aliphatic heterocycles. The summed E-state index contributed by atoms with van der Waals surface area (Å²) < 4.78 is 0. The first-order valence-electron chi connectivity index (χ1n) is 4.42.